The highest BCUT2D eigenvalue weighted by atomic mass is 32.1. The Kier molecular flexibility index (Phi) is 8.21. The highest BCUT2D eigenvalue weighted by molar-refractivity contribution is 7.07. The highest BCUT2D eigenvalue weighted by Crippen LogP contribution is 2.31. The number of hydrogen-bond acceptors (Lipinski definition) is 8. The lowest BCUT2D eigenvalue weighted by atomic mass is 9.96. The summed E-state index contributed by atoms with van der Waals surface area (Å²) in [7, 11) is 4.34. The van der Waals surface area contributed by atoms with E-state index in [1.165, 1.54) is 36.2 Å². The maximum atomic E-state index is 14.1. The second-order valence-electron chi connectivity index (χ2n) is 9.28. The molecule has 1 atom stereocenters. The fourth-order valence-corrected chi connectivity index (χ4v) is 5.74. The summed E-state index contributed by atoms with van der Waals surface area (Å²) < 4.78 is 50.6. The van der Waals surface area contributed by atoms with Gasteiger partial charge >= 0.3 is 5.97 Å². The molecule has 11 heteroatoms. The predicted octanol–water partition coefficient (Wildman–Crippen LogP) is 4.28. The van der Waals surface area contributed by atoms with Crippen LogP contribution in [0, 0.1) is 11.6 Å². The van der Waals surface area contributed by atoms with Crippen LogP contribution in [0.1, 0.15) is 29.7 Å². The molecular formula is C31H26F2N2O6S. The van der Waals surface area contributed by atoms with Gasteiger partial charge in [0.2, 0.25) is 0 Å². The number of aromatic nitrogens is 1. The van der Waals surface area contributed by atoms with Crippen LogP contribution in [0.15, 0.2) is 81.7 Å². The Morgan fingerprint density at radius 3 is 2.40 bits per heavy atom. The maximum absolute atomic E-state index is 14.1. The summed E-state index contributed by atoms with van der Waals surface area (Å²) in [5, 5.41) is 0. The number of esters is 1. The summed E-state index contributed by atoms with van der Waals surface area (Å²) in [6, 6.07) is 14.6. The second-order valence-corrected chi connectivity index (χ2v) is 10.3. The molecule has 0 bridgehead atoms. The zero-order chi connectivity index (χ0) is 30.0. The lowest BCUT2D eigenvalue weighted by Crippen LogP contribution is -2.39. The number of thiazole rings is 1. The van der Waals surface area contributed by atoms with Gasteiger partial charge in [0.1, 0.15) is 23.9 Å². The minimum absolute atomic E-state index is 0.0617. The van der Waals surface area contributed by atoms with Crippen LogP contribution < -0.4 is 29.1 Å². The van der Waals surface area contributed by atoms with Crippen molar-refractivity contribution >= 4 is 23.4 Å². The molecule has 0 saturated heterocycles. The Morgan fingerprint density at radius 1 is 1.00 bits per heavy atom. The Labute approximate surface area is 243 Å². The third-order valence-corrected chi connectivity index (χ3v) is 7.72. The van der Waals surface area contributed by atoms with Crippen molar-refractivity contribution in [3.8, 4) is 17.2 Å². The Bertz CT molecular complexity index is 1880. The van der Waals surface area contributed by atoms with E-state index in [4.69, 9.17) is 18.9 Å². The summed E-state index contributed by atoms with van der Waals surface area (Å²) >= 11 is 1.19. The van der Waals surface area contributed by atoms with Crippen LogP contribution in [-0.4, -0.2) is 31.9 Å². The van der Waals surface area contributed by atoms with Crippen LogP contribution in [0.4, 0.5) is 8.78 Å². The Hall–Kier alpha value is -4.77. The summed E-state index contributed by atoms with van der Waals surface area (Å²) in [6.45, 7) is 1.65. The molecular weight excluding hydrogens is 566 g/mol. The van der Waals surface area contributed by atoms with E-state index in [1.54, 1.807) is 62.6 Å². The molecule has 5 rings (SSSR count). The number of ether oxygens (including phenoxy) is 4. The third-order valence-electron chi connectivity index (χ3n) is 6.74. The van der Waals surface area contributed by atoms with E-state index < -0.39 is 23.6 Å². The zero-order valence-corrected chi connectivity index (χ0v) is 24.0. The molecule has 0 N–H and O–H groups in total. The van der Waals surface area contributed by atoms with Gasteiger partial charge in [0.25, 0.3) is 5.56 Å². The number of rotatable bonds is 8. The van der Waals surface area contributed by atoms with Crippen LogP contribution in [0.3, 0.4) is 0 Å². The number of carbonyl (C=O) groups is 1. The van der Waals surface area contributed by atoms with Gasteiger partial charge < -0.3 is 18.9 Å². The molecule has 3 aromatic carbocycles. The van der Waals surface area contributed by atoms with Crippen molar-refractivity contribution in [2.75, 3.05) is 21.3 Å². The first kappa shape index (κ1) is 28.7. The molecule has 0 saturated carbocycles. The van der Waals surface area contributed by atoms with Gasteiger partial charge in [0.15, 0.2) is 16.4 Å². The summed E-state index contributed by atoms with van der Waals surface area (Å²) in [5.41, 5.74) is 2.31. The molecule has 4 aromatic rings. The average molecular weight is 593 g/mol. The molecule has 0 radical (unpaired) electrons. The van der Waals surface area contributed by atoms with Gasteiger partial charge in [0.05, 0.1) is 43.2 Å². The van der Waals surface area contributed by atoms with Crippen molar-refractivity contribution in [2.45, 2.75) is 19.6 Å². The predicted molar refractivity (Wildman–Crippen MR) is 152 cm³/mol. The molecule has 1 aromatic heterocycles. The van der Waals surface area contributed by atoms with E-state index in [0.717, 1.165) is 12.1 Å². The fourth-order valence-electron chi connectivity index (χ4n) is 4.69. The first-order valence-corrected chi connectivity index (χ1v) is 13.5. The number of halogens is 2. The second kappa shape index (κ2) is 12.0. The number of methoxy groups -OCH3 is 3. The number of hydrogen-bond donors (Lipinski definition) is 0. The lowest BCUT2D eigenvalue weighted by Gasteiger charge is -2.24. The van der Waals surface area contributed by atoms with Gasteiger partial charge in [-0.25, -0.2) is 18.6 Å². The quantitative estimate of drug-likeness (QED) is 0.284. The largest absolute Gasteiger partial charge is 0.497 e. The first-order chi connectivity index (χ1) is 20.2. The fraction of sp³-hybridized carbons (Fsp3) is 0.194. The lowest BCUT2D eigenvalue weighted by molar-refractivity contribution is -0.136. The number of carbonyl (C=O) groups excluding carboxylic acids is 1. The highest BCUT2D eigenvalue weighted by Gasteiger charge is 2.33. The molecule has 1 unspecified atom stereocenters. The maximum Gasteiger partial charge on any atom is 0.338 e. The number of fused-ring (bicyclic) bond motifs is 1. The molecule has 0 spiro atoms. The minimum atomic E-state index is -0.820. The molecule has 1 aliphatic rings. The number of nitrogens with zero attached hydrogens (tertiary/aromatic N) is 2. The van der Waals surface area contributed by atoms with E-state index in [9.17, 15) is 18.4 Å². The van der Waals surface area contributed by atoms with Crippen LogP contribution >= 0.6 is 11.3 Å². The number of allylic oxidation sites excluding steroid dienone is 1. The van der Waals surface area contributed by atoms with Crippen molar-refractivity contribution in [1.82, 2.24) is 4.57 Å². The normalized spacial score (nSPS) is 14.7. The molecule has 2 heterocycles. The van der Waals surface area contributed by atoms with Crippen molar-refractivity contribution in [1.29, 1.82) is 0 Å². The molecule has 216 valence electrons. The van der Waals surface area contributed by atoms with Crippen molar-refractivity contribution in [3.63, 3.8) is 0 Å². The van der Waals surface area contributed by atoms with Crippen molar-refractivity contribution < 1.29 is 32.5 Å². The summed E-state index contributed by atoms with van der Waals surface area (Å²) in [5.74, 6) is -1.08. The van der Waals surface area contributed by atoms with E-state index in [-0.39, 0.29) is 23.5 Å². The van der Waals surface area contributed by atoms with E-state index in [1.807, 2.05) is 0 Å². The van der Waals surface area contributed by atoms with Gasteiger partial charge in [-0.3, -0.25) is 9.36 Å². The van der Waals surface area contributed by atoms with E-state index in [2.05, 4.69) is 4.99 Å². The van der Waals surface area contributed by atoms with Gasteiger partial charge in [-0.05, 0) is 60.5 Å². The van der Waals surface area contributed by atoms with Crippen molar-refractivity contribution in [3.05, 3.63) is 120 Å². The molecule has 42 heavy (non-hydrogen) atoms. The Morgan fingerprint density at radius 2 is 1.74 bits per heavy atom. The topological polar surface area (TPSA) is 88.4 Å². The van der Waals surface area contributed by atoms with Gasteiger partial charge in [-0.2, -0.15) is 0 Å². The Balaban J connectivity index is 1.57. The van der Waals surface area contributed by atoms with Crippen molar-refractivity contribution in [2.24, 2.45) is 4.99 Å². The van der Waals surface area contributed by atoms with Crippen LogP contribution in [0.5, 0.6) is 17.2 Å². The monoisotopic (exact) mass is 592 g/mol. The van der Waals surface area contributed by atoms with Crippen LogP contribution in [0.2, 0.25) is 0 Å². The average Bonchev–Trinajstić information content (AvgIpc) is 3.29. The third kappa shape index (κ3) is 5.55. The SMILES string of the molecule is COC(=O)C1=C(C)N=c2sc(=Cc3ccc(OC)c(COc4ccc(F)cc4F)c3)c(=O)n2C1c1ccc(OC)cc1. The summed E-state index contributed by atoms with van der Waals surface area (Å²) in [4.78, 5) is 31.7. The standard InChI is InChI=1S/C31H26F2N2O6S/c1-17-27(30(37)40-4)28(19-6-9-22(38-2)10-7-19)35-29(36)26(42-31(35)34-17)14-18-5-11-24(39-3)20(13-18)16-41-25-12-8-21(32)15-23(25)33/h5-15,28H,16H2,1-4H3. The summed E-state index contributed by atoms with van der Waals surface area (Å²) in [6.07, 6.45) is 1.70. The van der Waals surface area contributed by atoms with Crippen LogP contribution in [-0.2, 0) is 16.1 Å². The molecule has 0 aliphatic carbocycles. The van der Waals surface area contributed by atoms with E-state index >= 15 is 0 Å². The van der Waals surface area contributed by atoms with Crippen LogP contribution in [0.25, 0.3) is 6.08 Å². The molecule has 0 fully saturated rings. The molecule has 0 amide bonds. The molecule has 1 aliphatic heterocycles. The number of benzene rings is 3. The molecule has 8 nitrogen and oxygen atoms in total. The van der Waals surface area contributed by atoms with Gasteiger partial charge in [-0.15, -0.1) is 0 Å². The minimum Gasteiger partial charge on any atom is -0.497 e. The van der Waals surface area contributed by atoms with E-state index in [0.29, 0.717) is 43.2 Å². The first-order valence-electron chi connectivity index (χ1n) is 12.7. The van der Waals surface area contributed by atoms with Gasteiger partial charge in [0, 0.05) is 11.6 Å². The zero-order valence-electron chi connectivity index (χ0n) is 23.1. The van der Waals surface area contributed by atoms with Gasteiger partial charge in [-0.1, -0.05) is 29.5 Å². The smallest absolute Gasteiger partial charge is 0.338 e.